The summed E-state index contributed by atoms with van der Waals surface area (Å²) in [6.45, 7) is 9.34. The number of carbonyl (C=O) groups is 1. The average molecular weight is 284 g/mol. The van der Waals surface area contributed by atoms with Gasteiger partial charge in [0, 0.05) is 0 Å². The lowest BCUT2D eigenvalue weighted by Gasteiger charge is -2.18. The lowest BCUT2D eigenvalue weighted by atomic mass is 9.98. The van der Waals surface area contributed by atoms with Crippen LogP contribution in [-0.2, 0) is 9.53 Å². The summed E-state index contributed by atoms with van der Waals surface area (Å²) in [5.74, 6) is 0.714. The van der Waals surface area contributed by atoms with Gasteiger partial charge in [0.1, 0.15) is 0 Å². The van der Waals surface area contributed by atoms with Gasteiger partial charge in [-0.05, 0) is 25.2 Å². The number of hydrogen-bond donors (Lipinski definition) is 0. The summed E-state index contributed by atoms with van der Waals surface area (Å²) < 4.78 is 5.56. The van der Waals surface area contributed by atoms with Crippen LogP contribution < -0.4 is 0 Å². The molecule has 0 radical (unpaired) electrons. The van der Waals surface area contributed by atoms with Crippen LogP contribution in [0, 0.1) is 11.8 Å². The highest BCUT2D eigenvalue weighted by Gasteiger charge is 2.18. The average Bonchev–Trinajstić information content (AvgIpc) is 2.47. The second-order valence-corrected chi connectivity index (χ2v) is 6.00. The predicted octanol–water partition coefficient (Wildman–Crippen LogP) is 5.74. The fourth-order valence-corrected chi connectivity index (χ4v) is 2.52. The zero-order valence-corrected chi connectivity index (χ0v) is 14.2. The Morgan fingerprint density at radius 3 is 2.10 bits per heavy atom. The van der Waals surface area contributed by atoms with Crippen LogP contribution in [0.25, 0.3) is 0 Å². The first-order valence-corrected chi connectivity index (χ1v) is 8.86. The molecule has 0 fully saturated rings. The fourth-order valence-electron chi connectivity index (χ4n) is 2.52. The van der Waals surface area contributed by atoms with Crippen molar-refractivity contribution in [3.05, 3.63) is 0 Å². The summed E-state index contributed by atoms with van der Waals surface area (Å²) in [6, 6.07) is 0. The van der Waals surface area contributed by atoms with Gasteiger partial charge in [-0.2, -0.15) is 0 Å². The van der Waals surface area contributed by atoms with Gasteiger partial charge in [0.25, 0.3) is 0 Å². The van der Waals surface area contributed by atoms with Gasteiger partial charge in [0.2, 0.25) is 0 Å². The van der Waals surface area contributed by atoms with Crippen molar-refractivity contribution in [3.8, 4) is 0 Å². The van der Waals surface area contributed by atoms with E-state index in [9.17, 15) is 4.79 Å². The third-order valence-electron chi connectivity index (χ3n) is 4.24. The normalized spacial score (nSPS) is 14.0. The van der Waals surface area contributed by atoms with E-state index in [2.05, 4.69) is 27.7 Å². The van der Waals surface area contributed by atoms with Crippen LogP contribution in [0.3, 0.4) is 0 Å². The molecule has 0 rings (SSSR count). The molecule has 0 spiro atoms. The van der Waals surface area contributed by atoms with Crippen LogP contribution in [0.15, 0.2) is 0 Å². The van der Waals surface area contributed by atoms with Crippen LogP contribution in [0.1, 0.15) is 91.9 Å². The number of rotatable bonds is 13. The van der Waals surface area contributed by atoms with Gasteiger partial charge in [0.15, 0.2) is 0 Å². The third kappa shape index (κ3) is 9.39. The summed E-state index contributed by atoms with van der Waals surface area (Å²) in [6.07, 6.45) is 11.6. The molecule has 0 amide bonds. The van der Waals surface area contributed by atoms with Gasteiger partial charge in [-0.3, -0.25) is 4.79 Å². The Bertz CT molecular complexity index is 225. The highest BCUT2D eigenvalue weighted by atomic mass is 16.5. The van der Waals surface area contributed by atoms with E-state index < -0.39 is 0 Å². The van der Waals surface area contributed by atoms with E-state index in [1.54, 1.807) is 0 Å². The zero-order valence-electron chi connectivity index (χ0n) is 14.2. The molecule has 0 saturated carbocycles. The van der Waals surface area contributed by atoms with E-state index in [4.69, 9.17) is 4.74 Å². The molecule has 2 heteroatoms. The minimum Gasteiger partial charge on any atom is -0.465 e. The standard InChI is InChI=1S/C18H36O2/c1-5-9-11-12-14-17(8-4)18(19)20-15-16(7-3)13-10-6-2/h16-17H,5-15H2,1-4H3. The second-order valence-electron chi connectivity index (χ2n) is 6.00. The van der Waals surface area contributed by atoms with Crippen molar-refractivity contribution in [2.24, 2.45) is 11.8 Å². The molecule has 0 bridgehead atoms. The predicted molar refractivity (Wildman–Crippen MR) is 86.8 cm³/mol. The summed E-state index contributed by atoms with van der Waals surface area (Å²) in [4.78, 5) is 12.1. The van der Waals surface area contributed by atoms with Crippen molar-refractivity contribution in [3.63, 3.8) is 0 Å². The highest BCUT2D eigenvalue weighted by Crippen LogP contribution is 2.18. The van der Waals surface area contributed by atoms with E-state index in [0.717, 1.165) is 25.7 Å². The smallest absolute Gasteiger partial charge is 0.308 e. The second kappa shape index (κ2) is 13.5. The molecule has 0 aliphatic heterocycles. The third-order valence-corrected chi connectivity index (χ3v) is 4.24. The maximum absolute atomic E-state index is 12.1. The Morgan fingerprint density at radius 2 is 1.55 bits per heavy atom. The number of carbonyl (C=O) groups excluding carboxylic acids is 1. The van der Waals surface area contributed by atoms with E-state index in [0.29, 0.717) is 12.5 Å². The van der Waals surface area contributed by atoms with Crippen LogP contribution in [-0.4, -0.2) is 12.6 Å². The maximum Gasteiger partial charge on any atom is 0.308 e. The molecular weight excluding hydrogens is 248 g/mol. The summed E-state index contributed by atoms with van der Waals surface area (Å²) in [5.41, 5.74) is 0. The molecule has 120 valence electrons. The zero-order chi connectivity index (χ0) is 15.2. The van der Waals surface area contributed by atoms with Crippen LogP contribution in [0.5, 0.6) is 0 Å². The van der Waals surface area contributed by atoms with Gasteiger partial charge in [-0.15, -0.1) is 0 Å². The highest BCUT2D eigenvalue weighted by molar-refractivity contribution is 5.72. The van der Waals surface area contributed by atoms with E-state index in [-0.39, 0.29) is 11.9 Å². The van der Waals surface area contributed by atoms with Gasteiger partial charge < -0.3 is 4.74 Å². The first-order valence-electron chi connectivity index (χ1n) is 8.86. The quantitative estimate of drug-likeness (QED) is 0.318. The molecule has 2 atom stereocenters. The van der Waals surface area contributed by atoms with Gasteiger partial charge >= 0.3 is 5.97 Å². The van der Waals surface area contributed by atoms with Crippen molar-refractivity contribution < 1.29 is 9.53 Å². The van der Waals surface area contributed by atoms with E-state index >= 15 is 0 Å². The van der Waals surface area contributed by atoms with Crippen molar-refractivity contribution in [1.82, 2.24) is 0 Å². The Labute approximate surface area is 126 Å². The monoisotopic (exact) mass is 284 g/mol. The Kier molecular flexibility index (Phi) is 13.1. The molecule has 0 N–H and O–H groups in total. The molecule has 0 aromatic carbocycles. The number of unbranched alkanes of at least 4 members (excludes halogenated alkanes) is 4. The van der Waals surface area contributed by atoms with Crippen LogP contribution >= 0.6 is 0 Å². The molecule has 0 aliphatic rings. The molecule has 2 unspecified atom stereocenters. The van der Waals surface area contributed by atoms with Crippen molar-refractivity contribution in [2.75, 3.05) is 6.61 Å². The molecule has 0 aromatic rings. The first-order chi connectivity index (χ1) is 9.69. The molecular formula is C18H36O2. The van der Waals surface area contributed by atoms with Crippen LogP contribution in [0.2, 0.25) is 0 Å². The minimum atomic E-state index is 0.0407. The molecule has 0 heterocycles. The Morgan fingerprint density at radius 1 is 0.850 bits per heavy atom. The molecule has 0 saturated heterocycles. The molecule has 0 aliphatic carbocycles. The van der Waals surface area contributed by atoms with Crippen molar-refractivity contribution in [1.29, 1.82) is 0 Å². The topological polar surface area (TPSA) is 26.3 Å². The Hall–Kier alpha value is -0.530. The summed E-state index contributed by atoms with van der Waals surface area (Å²) in [7, 11) is 0. The van der Waals surface area contributed by atoms with Gasteiger partial charge in [0.05, 0.1) is 12.5 Å². The van der Waals surface area contributed by atoms with E-state index in [1.807, 2.05) is 0 Å². The summed E-state index contributed by atoms with van der Waals surface area (Å²) >= 11 is 0. The fraction of sp³-hybridized carbons (Fsp3) is 0.944. The summed E-state index contributed by atoms with van der Waals surface area (Å²) in [5, 5.41) is 0. The number of ether oxygens (including phenoxy) is 1. The lowest BCUT2D eigenvalue weighted by Crippen LogP contribution is -2.21. The first kappa shape index (κ1) is 19.5. The minimum absolute atomic E-state index is 0.0407. The SMILES string of the molecule is CCCCCCC(CC)C(=O)OCC(CC)CCCC. The number of esters is 1. The Balaban J connectivity index is 3.94. The number of hydrogen-bond acceptors (Lipinski definition) is 2. The lowest BCUT2D eigenvalue weighted by molar-refractivity contribution is -0.150. The molecule has 2 nitrogen and oxygen atoms in total. The maximum atomic E-state index is 12.1. The molecule has 0 aromatic heterocycles. The van der Waals surface area contributed by atoms with E-state index in [1.165, 1.54) is 38.5 Å². The largest absolute Gasteiger partial charge is 0.465 e. The van der Waals surface area contributed by atoms with Gasteiger partial charge in [-0.1, -0.05) is 72.6 Å². The van der Waals surface area contributed by atoms with Gasteiger partial charge in [-0.25, -0.2) is 0 Å². The molecule has 20 heavy (non-hydrogen) atoms. The van der Waals surface area contributed by atoms with Crippen LogP contribution in [0.4, 0.5) is 0 Å². The van der Waals surface area contributed by atoms with Crippen molar-refractivity contribution in [2.45, 2.75) is 91.9 Å². The van der Waals surface area contributed by atoms with Crippen molar-refractivity contribution >= 4 is 5.97 Å².